The molecule has 0 saturated heterocycles. The fourth-order valence-corrected chi connectivity index (χ4v) is 8.98. The van der Waals surface area contributed by atoms with Crippen LogP contribution < -0.4 is 10.2 Å². The fraction of sp³-hybridized carbons (Fsp3) is 0.746. The maximum atomic E-state index is 13.5. The topological polar surface area (TPSA) is 114 Å². The molecule has 0 rings (SSSR count). The minimum atomic E-state index is -4.71. The van der Waals surface area contributed by atoms with E-state index in [0.717, 1.165) is 77.0 Å². The van der Waals surface area contributed by atoms with E-state index >= 15 is 0 Å². The number of ether oxygens (including phenoxy) is 1. The predicted octanol–water partition coefficient (Wildman–Crippen LogP) is 17.6. The SMILES string of the molecule is CC/C=C\C/C=C\C/C=C\C/C=C\C/C=C\C/C=C\CCC(=O)OC(/C=C/CCCCCCCCCCCCC)C(COP(=O)([O-])OCC[N+](C)(C)C)NC(=O)CCCCCCCCCCCCCCCCC. The van der Waals surface area contributed by atoms with Gasteiger partial charge in [-0.3, -0.25) is 14.2 Å². The van der Waals surface area contributed by atoms with Crippen LogP contribution in [-0.4, -0.2) is 69.4 Å². The lowest BCUT2D eigenvalue weighted by atomic mass is 10.0. The summed E-state index contributed by atoms with van der Waals surface area (Å²) in [6.45, 7) is 6.69. The zero-order valence-electron chi connectivity index (χ0n) is 48.1. The molecular formula is C63H113N2O7P. The Bertz CT molecular complexity index is 1530. The Morgan fingerprint density at radius 1 is 0.493 bits per heavy atom. The lowest BCUT2D eigenvalue weighted by Crippen LogP contribution is -2.47. The molecule has 0 aromatic rings. The van der Waals surface area contributed by atoms with Gasteiger partial charge in [-0.1, -0.05) is 254 Å². The highest BCUT2D eigenvalue weighted by Gasteiger charge is 2.27. The summed E-state index contributed by atoms with van der Waals surface area (Å²) >= 11 is 0. The highest BCUT2D eigenvalue weighted by atomic mass is 31.2. The summed E-state index contributed by atoms with van der Waals surface area (Å²) < 4.78 is 30.2. The number of hydrogen-bond acceptors (Lipinski definition) is 7. The molecule has 0 aromatic heterocycles. The number of esters is 1. The molecule has 422 valence electrons. The number of amides is 1. The molecule has 9 nitrogen and oxygen atoms in total. The van der Waals surface area contributed by atoms with Gasteiger partial charge in [0.25, 0.3) is 7.82 Å². The van der Waals surface area contributed by atoms with Crippen LogP contribution in [0.25, 0.3) is 0 Å². The van der Waals surface area contributed by atoms with Crippen LogP contribution in [0.4, 0.5) is 0 Å². The van der Waals surface area contributed by atoms with E-state index in [0.29, 0.717) is 23.9 Å². The number of phosphoric acid groups is 1. The van der Waals surface area contributed by atoms with Crippen LogP contribution in [0.5, 0.6) is 0 Å². The van der Waals surface area contributed by atoms with Crippen molar-refractivity contribution >= 4 is 19.7 Å². The van der Waals surface area contributed by atoms with Gasteiger partial charge in [0.05, 0.1) is 33.8 Å². The molecule has 0 heterocycles. The summed E-state index contributed by atoms with van der Waals surface area (Å²) in [5, 5.41) is 3.01. The Morgan fingerprint density at radius 2 is 0.890 bits per heavy atom. The highest BCUT2D eigenvalue weighted by Crippen LogP contribution is 2.38. The Labute approximate surface area is 450 Å². The monoisotopic (exact) mass is 1040 g/mol. The minimum Gasteiger partial charge on any atom is -0.756 e. The van der Waals surface area contributed by atoms with Crippen molar-refractivity contribution in [3.8, 4) is 0 Å². The van der Waals surface area contributed by atoms with Crippen molar-refractivity contribution in [3.05, 3.63) is 85.1 Å². The highest BCUT2D eigenvalue weighted by molar-refractivity contribution is 7.45. The third kappa shape index (κ3) is 53.8. The molecular weight excluding hydrogens is 928 g/mol. The number of unbranched alkanes of at least 4 members (excludes halogenated alkanes) is 25. The molecule has 1 amide bonds. The third-order valence-electron chi connectivity index (χ3n) is 12.9. The lowest BCUT2D eigenvalue weighted by Gasteiger charge is -2.30. The number of hydrogen-bond donors (Lipinski definition) is 1. The molecule has 3 atom stereocenters. The van der Waals surface area contributed by atoms with Crippen LogP contribution in [0.2, 0.25) is 0 Å². The van der Waals surface area contributed by atoms with Crippen molar-refractivity contribution < 1.29 is 37.3 Å². The number of carbonyl (C=O) groups excluding carboxylic acids is 2. The molecule has 10 heteroatoms. The number of carbonyl (C=O) groups is 2. The quantitative estimate of drug-likeness (QED) is 0.0212. The summed E-state index contributed by atoms with van der Waals surface area (Å²) in [6, 6.07) is -0.920. The first kappa shape index (κ1) is 70.2. The number of rotatable bonds is 53. The molecule has 0 fully saturated rings. The van der Waals surface area contributed by atoms with E-state index in [1.807, 2.05) is 39.4 Å². The zero-order valence-corrected chi connectivity index (χ0v) is 49.0. The largest absolute Gasteiger partial charge is 0.756 e. The predicted molar refractivity (Wildman–Crippen MR) is 311 cm³/mol. The first-order valence-corrected chi connectivity index (χ1v) is 31.4. The summed E-state index contributed by atoms with van der Waals surface area (Å²) in [5.41, 5.74) is 0. The van der Waals surface area contributed by atoms with Crippen LogP contribution in [0.1, 0.15) is 252 Å². The molecule has 0 aliphatic carbocycles. The zero-order chi connectivity index (χ0) is 53.6. The van der Waals surface area contributed by atoms with Crippen molar-refractivity contribution in [1.82, 2.24) is 5.32 Å². The number of phosphoric ester groups is 1. The standard InChI is InChI=1S/C63H113N2O7P/c1-7-10-13-16-19-22-25-28-30-31-32-33-35-38-41-44-47-50-53-56-63(67)72-61(54-51-48-45-42-39-36-27-24-21-18-15-12-9-3)60(59-71-73(68,69)70-58-57-65(4,5)6)64-62(66)55-52-49-46-43-40-37-34-29-26-23-20-17-14-11-8-2/h10,13,19,22,28,30,32-33,38,41,47,50-51,54,60-61H,7-9,11-12,14-18,20-21,23-27,29,31,34-37,39-40,42-46,48-49,52-53,55-59H2,1-6H3,(H-,64,66,68,69)/b13-10-,22-19-,30-28-,33-32-,41-38-,50-47-,54-51+. The maximum Gasteiger partial charge on any atom is 0.306 e. The van der Waals surface area contributed by atoms with Gasteiger partial charge in [0.2, 0.25) is 5.91 Å². The molecule has 0 aromatic carbocycles. The van der Waals surface area contributed by atoms with Crippen LogP contribution in [0.3, 0.4) is 0 Å². The molecule has 1 N–H and O–H groups in total. The molecule has 0 radical (unpaired) electrons. The van der Waals surface area contributed by atoms with Gasteiger partial charge in [0.1, 0.15) is 19.3 Å². The van der Waals surface area contributed by atoms with Gasteiger partial charge in [-0.25, -0.2) is 0 Å². The van der Waals surface area contributed by atoms with E-state index in [1.165, 1.54) is 135 Å². The lowest BCUT2D eigenvalue weighted by molar-refractivity contribution is -0.870. The Morgan fingerprint density at radius 3 is 1.32 bits per heavy atom. The summed E-state index contributed by atoms with van der Waals surface area (Å²) in [5.74, 6) is -0.636. The van der Waals surface area contributed by atoms with Crippen molar-refractivity contribution in [1.29, 1.82) is 0 Å². The molecule has 0 saturated carbocycles. The smallest absolute Gasteiger partial charge is 0.306 e. The Kier molecular flexibility index (Phi) is 50.6. The number of nitrogens with zero attached hydrogens (tertiary/aromatic N) is 1. The molecule has 73 heavy (non-hydrogen) atoms. The Balaban J connectivity index is 5.45. The van der Waals surface area contributed by atoms with Crippen LogP contribution in [0, 0.1) is 0 Å². The van der Waals surface area contributed by atoms with Gasteiger partial charge in [0.15, 0.2) is 0 Å². The third-order valence-corrected chi connectivity index (χ3v) is 13.8. The summed E-state index contributed by atoms with van der Waals surface area (Å²) in [6.07, 6.45) is 68.4. The van der Waals surface area contributed by atoms with E-state index in [9.17, 15) is 19.0 Å². The van der Waals surface area contributed by atoms with Crippen LogP contribution in [0.15, 0.2) is 85.1 Å². The maximum absolute atomic E-state index is 13.5. The second kappa shape index (κ2) is 52.6. The first-order chi connectivity index (χ1) is 35.4. The van der Waals surface area contributed by atoms with E-state index in [4.69, 9.17) is 13.8 Å². The summed E-state index contributed by atoms with van der Waals surface area (Å²) in [4.78, 5) is 39.9. The van der Waals surface area contributed by atoms with Gasteiger partial charge in [-0.15, -0.1) is 0 Å². The van der Waals surface area contributed by atoms with Gasteiger partial charge in [-0.05, 0) is 70.3 Å². The van der Waals surface area contributed by atoms with Crippen LogP contribution in [-0.2, 0) is 27.9 Å². The van der Waals surface area contributed by atoms with Crippen molar-refractivity contribution in [2.24, 2.45) is 0 Å². The van der Waals surface area contributed by atoms with E-state index in [-0.39, 0.29) is 18.9 Å². The summed E-state index contributed by atoms with van der Waals surface area (Å²) in [7, 11) is 1.14. The average Bonchev–Trinajstić information content (AvgIpc) is 3.35. The fourth-order valence-electron chi connectivity index (χ4n) is 8.25. The van der Waals surface area contributed by atoms with Crippen molar-refractivity contribution in [2.75, 3.05) is 40.9 Å². The van der Waals surface area contributed by atoms with Gasteiger partial charge >= 0.3 is 5.97 Å². The molecule has 0 aliphatic heterocycles. The van der Waals surface area contributed by atoms with Crippen molar-refractivity contribution in [3.63, 3.8) is 0 Å². The number of allylic oxidation sites excluding steroid dienone is 13. The van der Waals surface area contributed by atoms with Gasteiger partial charge in [0, 0.05) is 12.8 Å². The second-order valence-electron chi connectivity index (χ2n) is 21.1. The number of quaternary nitrogens is 1. The van der Waals surface area contributed by atoms with E-state index < -0.39 is 32.5 Å². The van der Waals surface area contributed by atoms with Crippen LogP contribution >= 0.6 is 7.82 Å². The molecule has 0 aliphatic rings. The normalized spacial score (nSPS) is 14.3. The van der Waals surface area contributed by atoms with Gasteiger partial charge in [-0.2, -0.15) is 0 Å². The molecule has 0 spiro atoms. The average molecular weight is 1040 g/mol. The van der Waals surface area contributed by atoms with E-state index in [1.54, 1.807) is 6.08 Å². The van der Waals surface area contributed by atoms with E-state index in [2.05, 4.69) is 86.8 Å². The van der Waals surface area contributed by atoms with Crippen molar-refractivity contribution in [2.45, 2.75) is 264 Å². The Hall–Kier alpha value is -2.81. The molecule has 0 bridgehead atoms. The second-order valence-corrected chi connectivity index (χ2v) is 22.5. The molecule has 3 unspecified atom stereocenters. The van der Waals surface area contributed by atoms with Gasteiger partial charge < -0.3 is 28.5 Å². The number of likely N-dealkylation sites (N-methyl/N-ethyl adjacent to an activating group) is 1. The first-order valence-electron chi connectivity index (χ1n) is 29.9. The minimum absolute atomic E-state index is 0.0353. The number of nitrogens with one attached hydrogen (secondary N) is 1.